The lowest BCUT2D eigenvalue weighted by Gasteiger charge is -2.22. The zero-order valence-electron chi connectivity index (χ0n) is 25.6. The number of nitriles is 1. The van der Waals surface area contributed by atoms with E-state index < -0.39 is 0 Å². The molecule has 6 aromatic rings. The van der Waals surface area contributed by atoms with Crippen LogP contribution in [0.5, 0.6) is 0 Å². The van der Waals surface area contributed by atoms with Crippen LogP contribution in [0.1, 0.15) is 53.4 Å². The number of nitrogens with one attached hydrogen (secondary N) is 1. The molecule has 0 radical (unpaired) electrons. The molecule has 7 rings (SSSR count). The first kappa shape index (κ1) is 28.3. The van der Waals surface area contributed by atoms with Crippen molar-refractivity contribution < 1.29 is 0 Å². The molecule has 3 nitrogen and oxygen atoms in total. The highest BCUT2D eigenvalue weighted by Gasteiger charge is 2.37. The van der Waals surface area contributed by atoms with Crippen LogP contribution in [0.15, 0.2) is 140 Å². The van der Waals surface area contributed by atoms with Gasteiger partial charge in [0.2, 0.25) is 0 Å². The van der Waals surface area contributed by atoms with Gasteiger partial charge in [0, 0.05) is 11.1 Å². The largest absolute Gasteiger partial charge is 0.366 e. The molecule has 218 valence electrons. The number of benzene rings is 6. The van der Waals surface area contributed by atoms with Gasteiger partial charge in [-0.3, -0.25) is 0 Å². The smallest absolute Gasteiger partial charge is 0.101 e. The first-order valence-electron chi connectivity index (χ1n) is 15.5. The molecule has 3 heteroatoms. The van der Waals surface area contributed by atoms with Crippen LogP contribution in [0.2, 0.25) is 0 Å². The highest BCUT2D eigenvalue weighted by molar-refractivity contribution is 5.98. The van der Waals surface area contributed by atoms with Crippen molar-refractivity contribution in [2.75, 3.05) is 0 Å². The Morgan fingerprint density at radius 1 is 0.756 bits per heavy atom. The SMILES string of the molecule is CC1(C)c2cc3ccccc3cc2-c2c(-c3ccc(/C(=C/Cc4ccc(C#N)cc4)NC(N)c4ccccc4)cc3)cccc21. The van der Waals surface area contributed by atoms with E-state index in [2.05, 4.69) is 110 Å². The fraction of sp³-hybridized carbons (Fsp3) is 0.119. The lowest BCUT2D eigenvalue weighted by Crippen LogP contribution is -2.27. The van der Waals surface area contributed by atoms with Gasteiger partial charge in [0.25, 0.3) is 0 Å². The Bertz CT molecular complexity index is 2080. The first-order valence-corrected chi connectivity index (χ1v) is 15.5. The van der Waals surface area contributed by atoms with Crippen LogP contribution in [-0.4, -0.2) is 0 Å². The average Bonchev–Trinajstić information content (AvgIpc) is 3.31. The summed E-state index contributed by atoms with van der Waals surface area (Å²) < 4.78 is 0. The van der Waals surface area contributed by atoms with E-state index in [9.17, 15) is 5.26 Å². The molecule has 0 fully saturated rings. The van der Waals surface area contributed by atoms with E-state index in [1.807, 2.05) is 54.6 Å². The number of hydrogen-bond acceptors (Lipinski definition) is 3. The van der Waals surface area contributed by atoms with Crippen LogP contribution in [0.3, 0.4) is 0 Å². The van der Waals surface area contributed by atoms with Crippen molar-refractivity contribution in [3.8, 4) is 28.3 Å². The van der Waals surface area contributed by atoms with E-state index in [-0.39, 0.29) is 11.6 Å². The van der Waals surface area contributed by atoms with Gasteiger partial charge in [-0.1, -0.05) is 129 Å². The molecule has 1 aliphatic rings. The van der Waals surface area contributed by atoms with Crippen molar-refractivity contribution in [2.45, 2.75) is 31.8 Å². The number of rotatable bonds is 7. The van der Waals surface area contributed by atoms with E-state index in [0.29, 0.717) is 12.0 Å². The van der Waals surface area contributed by atoms with Gasteiger partial charge in [-0.05, 0) is 91.5 Å². The lowest BCUT2D eigenvalue weighted by molar-refractivity contribution is 0.661. The van der Waals surface area contributed by atoms with Gasteiger partial charge in [-0.15, -0.1) is 0 Å². The molecule has 0 bridgehead atoms. The summed E-state index contributed by atoms with van der Waals surface area (Å²) in [6.07, 6.45) is 2.54. The maximum absolute atomic E-state index is 9.19. The molecule has 1 unspecified atom stereocenters. The zero-order chi connectivity index (χ0) is 31.0. The highest BCUT2D eigenvalue weighted by atomic mass is 15.0. The van der Waals surface area contributed by atoms with Gasteiger partial charge in [-0.2, -0.15) is 5.26 Å². The van der Waals surface area contributed by atoms with Crippen molar-refractivity contribution in [2.24, 2.45) is 5.73 Å². The van der Waals surface area contributed by atoms with E-state index in [1.54, 1.807) is 0 Å². The zero-order valence-corrected chi connectivity index (χ0v) is 25.6. The van der Waals surface area contributed by atoms with Crippen LogP contribution in [0.25, 0.3) is 38.7 Å². The second-order valence-electron chi connectivity index (χ2n) is 12.3. The summed E-state index contributed by atoms with van der Waals surface area (Å²) in [5, 5.41) is 15.3. The summed E-state index contributed by atoms with van der Waals surface area (Å²) >= 11 is 0. The minimum Gasteiger partial charge on any atom is -0.366 e. The summed E-state index contributed by atoms with van der Waals surface area (Å²) in [5.74, 6) is 0. The van der Waals surface area contributed by atoms with Crippen molar-refractivity contribution in [3.05, 3.63) is 173 Å². The third-order valence-electron chi connectivity index (χ3n) is 9.17. The molecule has 0 amide bonds. The summed E-state index contributed by atoms with van der Waals surface area (Å²) in [7, 11) is 0. The minimum atomic E-state index is -0.357. The molecule has 3 N–H and O–H groups in total. The molecule has 0 heterocycles. The number of allylic oxidation sites excluding steroid dienone is 1. The van der Waals surface area contributed by atoms with Gasteiger partial charge in [0.05, 0.1) is 11.6 Å². The number of nitrogens with zero attached hydrogens (tertiary/aromatic N) is 1. The van der Waals surface area contributed by atoms with Gasteiger partial charge in [0.1, 0.15) is 6.17 Å². The molecular weight excluding hydrogens is 546 g/mol. The normalized spacial score (nSPS) is 14.0. The van der Waals surface area contributed by atoms with Crippen molar-refractivity contribution in [3.63, 3.8) is 0 Å². The third-order valence-corrected chi connectivity index (χ3v) is 9.17. The van der Waals surface area contributed by atoms with Gasteiger partial charge in [0.15, 0.2) is 0 Å². The summed E-state index contributed by atoms with van der Waals surface area (Å²) in [4.78, 5) is 0. The summed E-state index contributed by atoms with van der Waals surface area (Å²) in [6, 6.07) is 49.0. The topological polar surface area (TPSA) is 61.8 Å². The van der Waals surface area contributed by atoms with E-state index in [4.69, 9.17) is 5.73 Å². The number of hydrogen-bond donors (Lipinski definition) is 2. The maximum Gasteiger partial charge on any atom is 0.101 e. The number of nitrogens with two attached hydrogens (primary N) is 1. The predicted molar refractivity (Wildman–Crippen MR) is 186 cm³/mol. The average molecular weight is 582 g/mol. The molecule has 1 atom stereocenters. The van der Waals surface area contributed by atoms with Crippen molar-refractivity contribution in [1.29, 1.82) is 5.26 Å². The van der Waals surface area contributed by atoms with Crippen LogP contribution in [0.4, 0.5) is 0 Å². The Kier molecular flexibility index (Phi) is 7.29. The Labute approximate surface area is 265 Å². The van der Waals surface area contributed by atoms with Crippen LogP contribution in [0, 0.1) is 11.3 Å². The summed E-state index contributed by atoms with van der Waals surface area (Å²) in [6.45, 7) is 4.68. The van der Waals surface area contributed by atoms with Gasteiger partial charge < -0.3 is 11.1 Å². The Balaban J connectivity index is 1.26. The predicted octanol–water partition coefficient (Wildman–Crippen LogP) is 9.52. The number of fused-ring (bicyclic) bond motifs is 4. The van der Waals surface area contributed by atoms with Gasteiger partial charge >= 0.3 is 0 Å². The molecule has 6 aromatic carbocycles. The van der Waals surface area contributed by atoms with Crippen molar-refractivity contribution >= 4 is 16.5 Å². The molecular formula is C42H35N3. The lowest BCUT2D eigenvalue weighted by atomic mass is 9.81. The quantitative estimate of drug-likeness (QED) is 0.185. The molecule has 0 spiro atoms. The maximum atomic E-state index is 9.19. The Hall–Kier alpha value is -5.43. The second kappa shape index (κ2) is 11.6. The molecule has 0 aliphatic heterocycles. The first-order chi connectivity index (χ1) is 21.9. The highest BCUT2D eigenvalue weighted by Crippen LogP contribution is 2.53. The minimum absolute atomic E-state index is 0.0799. The third kappa shape index (κ3) is 5.31. The van der Waals surface area contributed by atoms with Crippen LogP contribution < -0.4 is 11.1 Å². The van der Waals surface area contributed by atoms with Crippen LogP contribution >= 0.6 is 0 Å². The molecule has 45 heavy (non-hydrogen) atoms. The molecule has 0 saturated carbocycles. The van der Waals surface area contributed by atoms with Gasteiger partial charge in [-0.25, -0.2) is 0 Å². The standard InChI is InChI=1S/C42H35N3/c1-42(2)37-14-8-13-35(40(37)36-25-33-11-6-7-12-34(33)26-38(36)42)30-20-22-31(23-21-30)39(45-41(44)32-9-4-3-5-10-32)24-19-28-15-17-29(27-43)18-16-28/h3-18,20-26,41,45H,19,44H2,1-2H3/b39-24-. The second-order valence-corrected chi connectivity index (χ2v) is 12.3. The fourth-order valence-electron chi connectivity index (χ4n) is 6.65. The van der Waals surface area contributed by atoms with E-state index >= 15 is 0 Å². The van der Waals surface area contributed by atoms with Crippen molar-refractivity contribution in [1.82, 2.24) is 5.32 Å². The Morgan fingerprint density at radius 3 is 2.16 bits per heavy atom. The monoisotopic (exact) mass is 581 g/mol. The van der Waals surface area contributed by atoms with E-state index in [1.165, 1.54) is 44.2 Å². The Morgan fingerprint density at radius 2 is 1.44 bits per heavy atom. The van der Waals surface area contributed by atoms with E-state index in [0.717, 1.165) is 22.4 Å². The fourth-order valence-corrected chi connectivity index (χ4v) is 6.65. The summed E-state index contributed by atoms with van der Waals surface area (Å²) in [5.41, 5.74) is 19.3. The molecule has 0 saturated heterocycles. The molecule has 0 aromatic heterocycles. The molecule has 1 aliphatic carbocycles. The van der Waals surface area contributed by atoms with Crippen LogP contribution in [-0.2, 0) is 11.8 Å².